The molecule has 1 aromatic heterocycles. The number of nitrogens with zero attached hydrogens (tertiary/aromatic N) is 4. The molecule has 7 nitrogen and oxygen atoms in total. The first-order valence-electron chi connectivity index (χ1n) is 3.12. The molecule has 0 saturated carbocycles. The van der Waals surface area contributed by atoms with Gasteiger partial charge in [-0.15, -0.1) is 15.0 Å². The van der Waals surface area contributed by atoms with Crippen LogP contribution < -0.4 is 0 Å². The maximum absolute atomic E-state index is 10.4. The Balaban J connectivity index is 2.88. The molecule has 1 atom stereocenters. The molecule has 0 saturated heterocycles. The normalized spacial score (nSPS) is 12.4. The van der Waals surface area contributed by atoms with E-state index < -0.39 is 12.0 Å². The maximum Gasteiger partial charge on any atom is 0.330 e. The number of hydrogen-bond donors (Lipinski definition) is 1. The van der Waals surface area contributed by atoms with E-state index in [0.29, 0.717) is 6.29 Å². The lowest BCUT2D eigenvalue weighted by Crippen LogP contribution is -2.18. The van der Waals surface area contributed by atoms with Gasteiger partial charge in [-0.2, -0.15) is 0 Å². The topological polar surface area (TPSA) is 98.0 Å². The van der Waals surface area contributed by atoms with Crippen LogP contribution >= 0.6 is 0 Å². The number of carboxylic acid groups (broad SMARTS) is 1. The van der Waals surface area contributed by atoms with Crippen molar-refractivity contribution in [1.82, 2.24) is 20.2 Å². The SMILES string of the molecule is CC(C(=O)O)n1nnc(C=O)n1. The Hall–Kier alpha value is -1.79. The van der Waals surface area contributed by atoms with Crippen LogP contribution in [-0.4, -0.2) is 37.6 Å². The Labute approximate surface area is 67.0 Å². The van der Waals surface area contributed by atoms with Crippen LogP contribution in [0.1, 0.15) is 23.6 Å². The highest BCUT2D eigenvalue weighted by Crippen LogP contribution is 1.99. The van der Waals surface area contributed by atoms with Crippen LogP contribution in [0.2, 0.25) is 0 Å². The van der Waals surface area contributed by atoms with E-state index in [4.69, 9.17) is 5.11 Å². The van der Waals surface area contributed by atoms with Crippen LogP contribution in [0.15, 0.2) is 0 Å². The summed E-state index contributed by atoms with van der Waals surface area (Å²) in [4.78, 5) is 21.3. The molecule has 64 valence electrons. The molecule has 0 bridgehead atoms. The summed E-state index contributed by atoms with van der Waals surface area (Å²) in [6.07, 6.45) is 0.401. The minimum absolute atomic E-state index is 0.122. The molecule has 0 spiro atoms. The molecule has 0 aliphatic heterocycles. The van der Waals surface area contributed by atoms with Crippen LogP contribution in [0, 0.1) is 0 Å². The van der Waals surface area contributed by atoms with Gasteiger partial charge in [0.15, 0.2) is 12.3 Å². The highest BCUT2D eigenvalue weighted by Gasteiger charge is 2.16. The first-order valence-corrected chi connectivity index (χ1v) is 3.12. The molecule has 0 amide bonds. The van der Waals surface area contributed by atoms with Gasteiger partial charge in [0.25, 0.3) is 0 Å². The van der Waals surface area contributed by atoms with E-state index in [1.165, 1.54) is 6.92 Å². The second-order valence-corrected chi connectivity index (χ2v) is 2.10. The Bertz CT molecular complexity index is 307. The highest BCUT2D eigenvalue weighted by molar-refractivity contribution is 5.71. The second-order valence-electron chi connectivity index (χ2n) is 2.10. The third-order valence-electron chi connectivity index (χ3n) is 1.25. The van der Waals surface area contributed by atoms with Crippen LogP contribution in [0.3, 0.4) is 0 Å². The number of tetrazole rings is 1. The van der Waals surface area contributed by atoms with E-state index >= 15 is 0 Å². The van der Waals surface area contributed by atoms with Crippen molar-refractivity contribution in [3.8, 4) is 0 Å². The molecule has 0 radical (unpaired) electrons. The van der Waals surface area contributed by atoms with E-state index in [9.17, 15) is 9.59 Å². The van der Waals surface area contributed by atoms with Crippen LogP contribution in [0.4, 0.5) is 0 Å². The van der Waals surface area contributed by atoms with Crippen molar-refractivity contribution < 1.29 is 14.7 Å². The van der Waals surface area contributed by atoms with E-state index in [1.807, 2.05) is 0 Å². The molecular formula is C5H6N4O3. The van der Waals surface area contributed by atoms with Crippen molar-refractivity contribution in [3.05, 3.63) is 5.82 Å². The molecule has 1 rings (SSSR count). The first kappa shape index (κ1) is 8.31. The van der Waals surface area contributed by atoms with Crippen molar-refractivity contribution in [2.24, 2.45) is 0 Å². The molecule has 7 heteroatoms. The summed E-state index contributed by atoms with van der Waals surface area (Å²) in [5.41, 5.74) is 0. The zero-order chi connectivity index (χ0) is 9.14. The Morgan fingerprint density at radius 2 is 2.42 bits per heavy atom. The summed E-state index contributed by atoms with van der Waals surface area (Å²) >= 11 is 0. The lowest BCUT2D eigenvalue weighted by Gasteiger charge is -2.00. The van der Waals surface area contributed by atoms with Crippen molar-refractivity contribution >= 4 is 12.3 Å². The zero-order valence-corrected chi connectivity index (χ0v) is 6.21. The zero-order valence-electron chi connectivity index (χ0n) is 6.21. The number of carbonyl (C=O) groups is 2. The smallest absolute Gasteiger partial charge is 0.330 e. The van der Waals surface area contributed by atoms with Gasteiger partial charge >= 0.3 is 5.97 Å². The van der Waals surface area contributed by atoms with Crippen molar-refractivity contribution in [1.29, 1.82) is 0 Å². The molecular weight excluding hydrogens is 164 g/mol. The summed E-state index contributed by atoms with van der Waals surface area (Å²) < 4.78 is 0. The number of aliphatic carboxylic acids is 1. The van der Waals surface area contributed by atoms with Gasteiger partial charge in [-0.05, 0) is 12.1 Å². The number of aromatic nitrogens is 4. The van der Waals surface area contributed by atoms with Gasteiger partial charge in [0.2, 0.25) is 5.82 Å². The minimum atomic E-state index is -1.08. The average molecular weight is 170 g/mol. The summed E-state index contributed by atoms with van der Waals surface area (Å²) in [7, 11) is 0. The van der Waals surface area contributed by atoms with Gasteiger partial charge in [0, 0.05) is 0 Å². The Kier molecular flexibility index (Phi) is 2.13. The molecule has 1 aromatic rings. The fraction of sp³-hybridized carbons (Fsp3) is 0.400. The van der Waals surface area contributed by atoms with E-state index in [1.54, 1.807) is 0 Å². The van der Waals surface area contributed by atoms with E-state index in [0.717, 1.165) is 4.80 Å². The van der Waals surface area contributed by atoms with Gasteiger partial charge in [-0.3, -0.25) is 4.79 Å². The summed E-state index contributed by atoms with van der Waals surface area (Å²) in [6.45, 7) is 1.39. The molecule has 0 aliphatic rings. The van der Waals surface area contributed by atoms with Crippen LogP contribution in [0.25, 0.3) is 0 Å². The van der Waals surface area contributed by atoms with Gasteiger partial charge in [-0.25, -0.2) is 4.79 Å². The van der Waals surface area contributed by atoms with Crippen LogP contribution in [-0.2, 0) is 4.79 Å². The maximum atomic E-state index is 10.4. The Morgan fingerprint density at radius 3 is 2.83 bits per heavy atom. The summed E-state index contributed by atoms with van der Waals surface area (Å²) in [5.74, 6) is -1.20. The number of hydrogen-bond acceptors (Lipinski definition) is 5. The second kappa shape index (κ2) is 3.07. The number of carboxylic acids is 1. The van der Waals surface area contributed by atoms with Crippen molar-refractivity contribution in [2.45, 2.75) is 13.0 Å². The number of aldehydes is 1. The monoisotopic (exact) mass is 170 g/mol. The fourth-order valence-electron chi connectivity index (χ4n) is 0.547. The summed E-state index contributed by atoms with van der Waals surface area (Å²) in [6, 6.07) is -0.911. The fourth-order valence-corrected chi connectivity index (χ4v) is 0.547. The van der Waals surface area contributed by atoms with Crippen molar-refractivity contribution in [2.75, 3.05) is 0 Å². The molecule has 12 heavy (non-hydrogen) atoms. The highest BCUT2D eigenvalue weighted by atomic mass is 16.4. The van der Waals surface area contributed by atoms with Gasteiger partial charge in [0.1, 0.15) is 0 Å². The summed E-state index contributed by atoms with van der Waals surface area (Å²) in [5, 5.41) is 18.7. The van der Waals surface area contributed by atoms with Crippen molar-refractivity contribution in [3.63, 3.8) is 0 Å². The van der Waals surface area contributed by atoms with Crippen LogP contribution in [0.5, 0.6) is 0 Å². The predicted octanol–water partition coefficient (Wildman–Crippen LogP) is -0.869. The average Bonchev–Trinajstić information content (AvgIpc) is 2.50. The van der Waals surface area contributed by atoms with E-state index in [2.05, 4.69) is 15.4 Å². The molecule has 1 N–H and O–H groups in total. The molecule has 0 fully saturated rings. The predicted molar refractivity (Wildman–Crippen MR) is 35.6 cm³/mol. The standard InChI is InChI=1S/C5H6N4O3/c1-3(5(11)12)9-7-4(2-10)6-8-9/h2-3H,1H3,(H,11,12). The van der Waals surface area contributed by atoms with Gasteiger partial charge < -0.3 is 5.11 Å². The third kappa shape index (κ3) is 1.44. The minimum Gasteiger partial charge on any atom is -0.480 e. The number of carbonyl (C=O) groups excluding carboxylic acids is 1. The Morgan fingerprint density at radius 1 is 1.75 bits per heavy atom. The molecule has 1 unspecified atom stereocenters. The molecule has 0 aliphatic carbocycles. The number of rotatable bonds is 3. The lowest BCUT2D eigenvalue weighted by molar-refractivity contribution is -0.141. The molecule has 1 heterocycles. The van der Waals surface area contributed by atoms with E-state index in [-0.39, 0.29) is 5.82 Å². The molecule has 0 aromatic carbocycles. The van der Waals surface area contributed by atoms with Gasteiger partial charge in [0.05, 0.1) is 0 Å². The largest absolute Gasteiger partial charge is 0.480 e. The lowest BCUT2D eigenvalue weighted by atomic mass is 10.4. The quantitative estimate of drug-likeness (QED) is 0.592. The van der Waals surface area contributed by atoms with Gasteiger partial charge in [-0.1, -0.05) is 0 Å². The first-order chi connectivity index (χ1) is 5.65. The third-order valence-corrected chi connectivity index (χ3v) is 1.25.